The molecule has 158 valence electrons. The Morgan fingerprint density at radius 3 is 2.97 bits per heavy atom. The van der Waals surface area contributed by atoms with E-state index in [0.717, 1.165) is 30.8 Å². The lowest BCUT2D eigenvalue weighted by Gasteiger charge is -2.13. The minimum atomic E-state index is -0.337. The Balaban J connectivity index is 1.49. The van der Waals surface area contributed by atoms with E-state index in [2.05, 4.69) is 15.5 Å². The molecule has 1 N–H and O–H groups in total. The Labute approximate surface area is 182 Å². The average molecular weight is 447 g/mol. The first kappa shape index (κ1) is 21.0. The van der Waals surface area contributed by atoms with E-state index < -0.39 is 0 Å². The highest BCUT2D eigenvalue weighted by Gasteiger charge is 2.21. The Morgan fingerprint density at radius 1 is 1.37 bits per heavy atom. The van der Waals surface area contributed by atoms with Gasteiger partial charge in [0.1, 0.15) is 11.6 Å². The highest BCUT2D eigenvalue weighted by molar-refractivity contribution is 7.99. The molecular formula is C21H23FN4O2S2. The van der Waals surface area contributed by atoms with E-state index >= 15 is 0 Å². The second-order valence-corrected chi connectivity index (χ2v) is 8.97. The van der Waals surface area contributed by atoms with Gasteiger partial charge in [-0.15, -0.1) is 21.5 Å². The number of benzene rings is 1. The number of ether oxygens (including phenoxy) is 1. The van der Waals surface area contributed by atoms with E-state index in [0.29, 0.717) is 34.5 Å². The minimum absolute atomic E-state index is 0.104. The summed E-state index contributed by atoms with van der Waals surface area (Å²) in [6.07, 6.45) is 2.73. The fourth-order valence-electron chi connectivity index (χ4n) is 3.35. The van der Waals surface area contributed by atoms with Crippen LogP contribution < -0.4 is 5.32 Å². The highest BCUT2D eigenvalue weighted by atomic mass is 32.2. The van der Waals surface area contributed by atoms with E-state index in [1.807, 2.05) is 18.4 Å². The van der Waals surface area contributed by atoms with Gasteiger partial charge in [0.15, 0.2) is 5.16 Å². The molecule has 3 aromatic rings. The van der Waals surface area contributed by atoms with Gasteiger partial charge in [0, 0.05) is 25.3 Å². The van der Waals surface area contributed by atoms with Crippen molar-refractivity contribution >= 4 is 29.0 Å². The molecule has 0 radical (unpaired) electrons. The van der Waals surface area contributed by atoms with Crippen molar-refractivity contribution in [1.82, 2.24) is 20.1 Å². The van der Waals surface area contributed by atoms with Gasteiger partial charge in [0.25, 0.3) is 5.91 Å². The van der Waals surface area contributed by atoms with Gasteiger partial charge < -0.3 is 10.1 Å². The zero-order valence-corrected chi connectivity index (χ0v) is 18.3. The van der Waals surface area contributed by atoms with Crippen LogP contribution >= 0.6 is 23.1 Å². The molecule has 1 saturated heterocycles. The molecule has 3 heterocycles. The molecule has 0 aliphatic carbocycles. The number of hydrogen-bond donors (Lipinski definition) is 1. The Bertz CT molecular complexity index is 1010. The lowest BCUT2D eigenvalue weighted by atomic mass is 10.2. The summed E-state index contributed by atoms with van der Waals surface area (Å²) in [5.41, 5.74) is 1.37. The van der Waals surface area contributed by atoms with Gasteiger partial charge >= 0.3 is 0 Å². The molecule has 9 heteroatoms. The lowest BCUT2D eigenvalue weighted by molar-refractivity contribution is 0.0957. The van der Waals surface area contributed by atoms with E-state index in [9.17, 15) is 9.18 Å². The number of nitrogens with zero attached hydrogens (tertiary/aromatic N) is 3. The highest BCUT2D eigenvalue weighted by Crippen LogP contribution is 2.27. The molecular weight excluding hydrogens is 423 g/mol. The van der Waals surface area contributed by atoms with Crippen LogP contribution in [0.4, 0.5) is 4.39 Å². The van der Waals surface area contributed by atoms with Gasteiger partial charge in [0.05, 0.1) is 16.7 Å². The van der Waals surface area contributed by atoms with Crippen molar-refractivity contribution in [2.75, 3.05) is 18.9 Å². The number of aryl methyl sites for hydroxylation is 1. The first-order valence-electron chi connectivity index (χ1n) is 9.89. The molecule has 1 aliphatic heterocycles. The molecule has 1 aromatic carbocycles. The average Bonchev–Trinajstić information content (AvgIpc) is 3.48. The van der Waals surface area contributed by atoms with Gasteiger partial charge in [-0.2, -0.15) is 0 Å². The van der Waals surface area contributed by atoms with Crippen LogP contribution in [0.5, 0.6) is 0 Å². The summed E-state index contributed by atoms with van der Waals surface area (Å²) in [5, 5.41) is 14.0. The van der Waals surface area contributed by atoms with Gasteiger partial charge in [-0.3, -0.25) is 9.36 Å². The van der Waals surface area contributed by atoms with E-state index in [4.69, 9.17) is 4.74 Å². The van der Waals surface area contributed by atoms with Crippen LogP contribution in [0.15, 0.2) is 40.9 Å². The van der Waals surface area contributed by atoms with Crippen LogP contribution in [-0.4, -0.2) is 45.7 Å². The van der Waals surface area contributed by atoms with Gasteiger partial charge in [-0.25, -0.2) is 4.39 Å². The molecule has 0 unspecified atom stereocenters. The molecule has 4 rings (SSSR count). The number of hydrogen-bond acceptors (Lipinski definition) is 6. The van der Waals surface area contributed by atoms with E-state index in [-0.39, 0.29) is 17.8 Å². The van der Waals surface area contributed by atoms with Crippen LogP contribution in [0.3, 0.4) is 0 Å². The molecule has 0 spiro atoms. The number of aromatic nitrogens is 3. The molecule has 1 aliphatic rings. The number of thiophene rings is 1. The predicted molar refractivity (Wildman–Crippen MR) is 116 cm³/mol. The standard InChI is InChI=1S/C21H23FN4O2S2/c1-14-9-12-29-19(14)20(27)23-10-8-18-24-25-21(30-13-15-5-4-11-28-15)26(18)17-7-3-2-6-16(17)22/h2-3,6-7,9,12,15H,4-5,8,10-11,13H2,1H3,(H,23,27)/t15-/m1/s1. The number of halogens is 1. The van der Waals surface area contributed by atoms with Gasteiger partial charge in [0.2, 0.25) is 0 Å². The lowest BCUT2D eigenvalue weighted by Crippen LogP contribution is -2.26. The normalized spacial score (nSPS) is 16.1. The number of carbonyl (C=O) groups excluding carboxylic acids is 1. The van der Waals surface area contributed by atoms with Crippen molar-refractivity contribution < 1.29 is 13.9 Å². The molecule has 6 nitrogen and oxygen atoms in total. The van der Waals surface area contributed by atoms with Crippen LogP contribution in [0.2, 0.25) is 0 Å². The first-order valence-corrected chi connectivity index (χ1v) is 11.8. The maximum Gasteiger partial charge on any atom is 0.261 e. The third kappa shape index (κ3) is 4.74. The summed E-state index contributed by atoms with van der Waals surface area (Å²) in [6, 6.07) is 8.51. The maximum atomic E-state index is 14.6. The van der Waals surface area contributed by atoms with Crippen LogP contribution in [-0.2, 0) is 11.2 Å². The van der Waals surface area contributed by atoms with Crippen LogP contribution in [0.1, 0.15) is 33.9 Å². The van der Waals surface area contributed by atoms with Crippen molar-refractivity contribution in [2.45, 2.75) is 37.4 Å². The Hall–Kier alpha value is -2.23. The summed E-state index contributed by atoms with van der Waals surface area (Å²) < 4.78 is 22.0. The molecule has 1 amide bonds. The third-order valence-electron chi connectivity index (χ3n) is 4.92. The van der Waals surface area contributed by atoms with E-state index in [1.165, 1.54) is 29.2 Å². The second kappa shape index (κ2) is 9.72. The Kier molecular flexibility index (Phi) is 6.81. The second-order valence-electron chi connectivity index (χ2n) is 7.07. The quantitative estimate of drug-likeness (QED) is 0.530. The fraction of sp³-hybridized carbons (Fsp3) is 0.381. The van der Waals surface area contributed by atoms with Crippen molar-refractivity contribution in [3.8, 4) is 5.69 Å². The summed E-state index contributed by atoms with van der Waals surface area (Å²) in [6.45, 7) is 3.09. The summed E-state index contributed by atoms with van der Waals surface area (Å²) in [7, 11) is 0. The van der Waals surface area contributed by atoms with Crippen molar-refractivity contribution in [3.05, 3.63) is 57.8 Å². The topological polar surface area (TPSA) is 69.0 Å². The number of rotatable bonds is 8. The minimum Gasteiger partial charge on any atom is -0.377 e. The van der Waals surface area contributed by atoms with Crippen LogP contribution in [0.25, 0.3) is 5.69 Å². The molecule has 1 fully saturated rings. The number of thioether (sulfide) groups is 1. The van der Waals surface area contributed by atoms with E-state index in [1.54, 1.807) is 22.8 Å². The van der Waals surface area contributed by atoms with Gasteiger partial charge in [-0.05, 0) is 48.9 Å². The molecule has 30 heavy (non-hydrogen) atoms. The number of amides is 1. The maximum absolute atomic E-state index is 14.6. The number of nitrogens with one attached hydrogen (secondary N) is 1. The zero-order chi connectivity index (χ0) is 20.9. The summed E-state index contributed by atoms with van der Waals surface area (Å²) in [5.74, 6) is 0.919. The van der Waals surface area contributed by atoms with Crippen molar-refractivity contribution in [1.29, 1.82) is 0 Å². The summed E-state index contributed by atoms with van der Waals surface area (Å²) >= 11 is 2.94. The summed E-state index contributed by atoms with van der Waals surface area (Å²) in [4.78, 5) is 13.1. The first-order chi connectivity index (χ1) is 14.6. The predicted octanol–water partition coefficient (Wildman–Crippen LogP) is 4.02. The molecule has 2 aromatic heterocycles. The largest absolute Gasteiger partial charge is 0.377 e. The van der Waals surface area contributed by atoms with Crippen molar-refractivity contribution in [3.63, 3.8) is 0 Å². The molecule has 0 saturated carbocycles. The third-order valence-corrected chi connectivity index (χ3v) is 6.99. The SMILES string of the molecule is Cc1ccsc1C(=O)NCCc1nnc(SC[C@H]2CCCO2)n1-c1ccccc1F. The number of carbonyl (C=O) groups is 1. The zero-order valence-electron chi connectivity index (χ0n) is 16.6. The van der Waals surface area contributed by atoms with Crippen molar-refractivity contribution in [2.24, 2.45) is 0 Å². The monoisotopic (exact) mass is 446 g/mol. The van der Waals surface area contributed by atoms with Crippen LogP contribution in [0, 0.1) is 12.7 Å². The smallest absolute Gasteiger partial charge is 0.261 e. The fourth-order valence-corrected chi connectivity index (χ4v) is 5.22. The Morgan fingerprint density at radius 2 is 2.23 bits per heavy atom. The molecule has 0 bridgehead atoms. The van der Waals surface area contributed by atoms with Gasteiger partial charge in [-0.1, -0.05) is 23.9 Å². The molecule has 1 atom stereocenters. The number of para-hydroxylation sites is 1.